The molecule has 0 aliphatic rings. The molecule has 0 radical (unpaired) electrons. The third-order valence-corrected chi connectivity index (χ3v) is 14.1. The van der Waals surface area contributed by atoms with Crippen LogP contribution in [-0.2, 0) is 28.6 Å². The number of rotatable bonds is 59. The number of hydrogen-bond donors (Lipinski definition) is 0. The molecule has 0 amide bonds. The van der Waals surface area contributed by atoms with E-state index in [1.807, 2.05) is 0 Å². The maximum absolute atomic E-state index is 12.8. The molecular weight excluding hydrogens is 937 g/mol. The Labute approximate surface area is 471 Å². The normalized spacial score (nSPS) is 12.6. The molecule has 0 aromatic heterocycles. The Morgan fingerprint density at radius 1 is 0.276 bits per heavy atom. The van der Waals surface area contributed by atoms with Crippen LogP contribution in [0.1, 0.15) is 323 Å². The minimum absolute atomic E-state index is 0.0784. The summed E-state index contributed by atoms with van der Waals surface area (Å²) < 4.78 is 16.8. The van der Waals surface area contributed by atoms with Crippen LogP contribution in [-0.4, -0.2) is 37.2 Å². The predicted octanol–water partition coefficient (Wildman–Crippen LogP) is 22.3. The van der Waals surface area contributed by atoms with E-state index in [2.05, 4.69) is 106 Å². The summed E-state index contributed by atoms with van der Waals surface area (Å²) in [6, 6.07) is 0. The van der Waals surface area contributed by atoms with Crippen molar-refractivity contribution in [3.8, 4) is 0 Å². The van der Waals surface area contributed by atoms with E-state index in [-0.39, 0.29) is 31.1 Å². The fraction of sp³-hybridized carbons (Fsp3) is 0.757. The maximum atomic E-state index is 12.8. The van der Waals surface area contributed by atoms with Crippen LogP contribution in [0, 0.1) is 0 Å². The second-order valence-corrected chi connectivity index (χ2v) is 21.6. The summed E-state index contributed by atoms with van der Waals surface area (Å²) in [6.07, 6.45) is 84.8. The van der Waals surface area contributed by atoms with Crippen molar-refractivity contribution in [1.29, 1.82) is 0 Å². The Morgan fingerprint density at radius 2 is 0.526 bits per heavy atom. The standard InChI is InChI=1S/C70H122O6/c1-4-7-10-13-16-19-22-24-25-26-27-28-29-30-31-32-33-34-35-36-37-38-39-40-41-42-43-44-45-46-49-51-54-57-60-63-69(72)75-66-67(65-74-68(71)62-59-56-53-50-47-21-18-15-12-9-6-3)76-70(73)64-61-58-55-52-48-23-20-17-14-11-8-5-2/h7,10,15-20,24-25,27-28,30-31,67H,4-6,8-9,11-14,21-23,26,29,32-66H2,1-3H3/b10-7-,18-15-,19-16-,20-17-,25-24-,28-27-,31-30-. The van der Waals surface area contributed by atoms with Crippen molar-refractivity contribution >= 4 is 17.9 Å². The largest absolute Gasteiger partial charge is 0.462 e. The van der Waals surface area contributed by atoms with Crippen molar-refractivity contribution in [2.24, 2.45) is 0 Å². The van der Waals surface area contributed by atoms with Gasteiger partial charge in [0, 0.05) is 19.3 Å². The van der Waals surface area contributed by atoms with Crippen molar-refractivity contribution in [3.05, 3.63) is 85.1 Å². The second kappa shape index (κ2) is 64.1. The van der Waals surface area contributed by atoms with E-state index in [9.17, 15) is 14.4 Å². The number of allylic oxidation sites excluding steroid dienone is 14. The number of carbonyl (C=O) groups excluding carboxylic acids is 3. The van der Waals surface area contributed by atoms with E-state index >= 15 is 0 Å². The Kier molecular flexibility index (Phi) is 61.2. The van der Waals surface area contributed by atoms with Gasteiger partial charge >= 0.3 is 17.9 Å². The van der Waals surface area contributed by atoms with Gasteiger partial charge in [0.2, 0.25) is 0 Å². The third kappa shape index (κ3) is 61.4. The fourth-order valence-corrected chi connectivity index (χ4v) is 9.21. The zero-order chi connectivity index (χ0) is 55.0. The molecule has 0 aliphatic heterocycles. The predicted molar refractivity (Wildman–Crippen MR) is 330 cm³/mol. The Balaban J connectivity index is 4.02. The maximum Gasteiger partial charge on any atom is 0.306 e. The SMILES string of the molecule is CC/C=C\C/C=C\C/C=C\C/C=C\C/C=C\CCCCCCCCCCCCCCCCCCCCCC(=O)OCC(COC(=O)CCCCCCC/C=C\CCCC)OC(=O)CCCCCCC/C=C\CCCCC. The van der Waals surface area contributed by atoms with Crippen LogP contribution in [0.3, 0.4) is 0 Å². The van der Waals surface area contributed by atoms with Crippen molar-refractivity contribution in [2.75, 3.05) is 13.2 Å². The van der Waals surface area contributed by atoms with E-state index in [1.54, 1.807) is 0 Å². The van der Waals surface area contributed by atoms with E-state index in [4.69, 9.17) is 14.2 Å². The van der Waals surface area contributed by atoms with Crippen LogP contribution in [0.4, 0.5) is 0 Å². The zero-order valence-electron chi connectivity index (χ0n) is 50.3. The van der Waals surface area contributed by atoms with Crippen LogP contribution in [0.2, 0.25) is 0 Å². The first kappa shape index (κ1) is 72.6. The lowest BCUT2D eigenvalue weighted by atomic mass is 10.0. The van der Waals surface area contributed by atoms with Crippen molar-refractivity contribution in [2.45, 2.75) is 329 Å². The first-order valence-corrected chi connectivity index (χ1v) is 32.6. The van der Waals surface area contributed by atoms with Crippen LogP contribution in [0.5, 0.6) is 0 Å². The van der Waals surface area contributed by atoms with Crippen molar-refractivity contribution < 1.29 is 28.6 Å². The van der Waals surface area contributed by atoms with Gasteiger partial charge in [0.15, 0.2) is 6.10 Å². The van der Waals surface area contributed by atoms with Gasteiger partial charge < -0.3 is 14.2 Å². The van der Waals surface area contributed by atoms with Crippen LogP contribution in [0.25, 0.3) is 0 Å². The van der Waals surface area contributed by atoms with E-state index in [0.717, 1.165) is 109 Å². The molecule has 0 N–H and O–H groups in total. The number of ether oxygens (including phenoxy) is 3. The highest BCUT2D eigenvalue weighted by Gasteiger charge is 2.19. The first-order valence-electron chi connectivity index (χ1n) is 32.6. The summed E-state index contributed by atoms with van der Waals surface area (Å²) in [6.45, 7) is 6.47. The lowest BCUT2D eigenvalue weighted by Gasteiger charge is -2.18. The van der Waals surface area contributed by atoms with Gasteiger partial charge in [0.1, 0.15) is 13.2 Å². The monoisotopic (exact) mass is 1060 g/mol. The average Bonchev–Trinajstić information content (AvgIpc) is 3.42. The summed E-state index contributed by atoms with van der Waals surface area (Å²) in [5, 5.41) is 0. The smallest absolute Gasteiger partial charge is 0.306 e. The minimum atomic E-state index is -0.780. The van der Waals surface area contributed by atoms with Gasteiger partial charge in [-0.15, -0.1) is 0 Å². The van der Waals surface area contributed by atoms with Gasteiger partial charge in [-0.25, -0.2) is 0 Å². The molecule has 6 nitrogen and oxygen atoms in total. The van der Waals surface area contributed by atoms with Gasteiger partial charge in [-0.2, -0.15) is 0 Å². The third-order valence-electron chi connectivity index (χ3n) is 14.1. The summed E-state index contributed by atoms with van der Waals surface area (Å²) in [4.78, 5) is 38.1. The molecule has 76 heavy (non-hydrogen) atoms. The summed E-state index contributed by atoms with van der Waals surface area (Å²) in [5.74, 6) is -0.886. The van der Waals surface area contributed by atoms with E-state index < -0.39 is 6.10 Å². The molecule has 1 atom stereocenters. The molecule has 0 saturated heterocycles. The van der Waals surface area contributed by atoms with Crippen LogP contribution >= 0.6 is 0 Å². The zero-order valence-corrected chi connectivity index (χ0v) is 50.3. The number of carbonyl (C=O) groups is 3. The van der Waals surface area contributed by atoms with Crippen LogP contribution < -0.4 is 0 Å². The number of hydrogen-bond acceptors (Lipinski definition) is 6. The minimum Gasteiger partial charge on any atom is -0.462 e. The van der Waals surface area contributed by atoms with E-state index in [1.165, 1.54) is 173 Å². The highest BCUT2D eigenvalue weighted by Crippen LogP contribution is 2.17. The lowest BCUT2D eigenvalue weighted by Crippen LogP contribution is -2.30. The highest BCUT2D eigenvalue weighted by atomic mass is 16.6. The Bertz CT molecular complexity index is 1450. The second-order valence-electron chi connectivity index (χ2n) is 21.6. The van der Waals surface area contributed by atoms with Crippen LogP contribution in [0.15, 0.2) is 85.1 Å². The molecule has 0 saturated carbocycles. The van der Waals surface area contributed by atoms with Crippen molar-refractivity contribution in [3.63, 3.8) is 0 Å². The molecule has 438 valence electrons. The molecule has 0 fully saturated rings. The molecule has 6 heteroatoms. The number of esters is 3. The fourth-order valence-electron chi connectivity index (χ4n) is 9.21. The molecule has 0 aliphatic carbocycles. The van der Waals surface area contributed by atoms with Gasteiger partial charge in [-0.3, -0.25) is 14.4 Å². The summed E-state index contributed by atoms with van der Waals surface area (Å²) in [5.41, 5.74) is 0. The average molecular weight is 1060 g/mol. The van der Waals surface area contributed by atoms with Gasteiger partial charge in [0.05, 0.1) is 0 Å². The number of unbranched alkanes of at least 4 members (excludes halogenated alkanes) is 34. The molecule has 0 heterocycles. The topological polar surface area (TPSA) is 78.9 Å². The summed E-state index contributed by atoms with van der Waals surface area (Å²) >= 11 is 0. The lowest BCUT2D eigenvalue weighted by molar-refractivity contribution is -0.167. The molecule has 0 spiro atoms. The molecule has 1 unspecified atom stereocenters. The highest BCUT2D eigenvalue weighted by molar-refractivity contribution is 5.71. The van der Waals surface area contributed by atoms with Gasteiger partial charge in [0.25, 0.3) is 0 Å². The van der Waals surface area contributed by atoms with Gasteiger partial charge in [-0.05, 0) is 109 Å². The molecule has 0 rings (SSSR count). The quantitative estimate of drug-likeness (QED) is 0.0261. The molecule has 0 aromatic carbocycles. The molecular formula is C70H122O6. The first-order chi connectivity index (χ1) is 37.5. The van der Waals surface area contributed by atoms with Crippen molar-refractivity contribution in [1.82, 2.24) is 0 Å². The van der Waals surface area contributed by atoms with E-state index in [0.29, 0.717) is 19.3 Å². The summed E-state index contributed by atoms with van der Waals surface area (Å²) in [7, 11) is 0. The molecule has 0 aromatic rings. The Hall–Kier alpha value is -3.41. The molecule has 0 bridgehead atoms. The Morgan fingerprint density at radius 3 is 0.855 bits per heavy atom. The van der Waals surface area contributed by atoms with Gasteiger partial charge in [-0.1, -0.05) is 279 Å².